The Morgan fingerprint density at radius 1 is 1.20 bits per heavy atom. The Morgan fingerprint density at radius 2 is 2.07 bits per heavy atom. The van der Waals surface area contributed by atoms with E-state index in [2.05, 4.69) is 9.97 Å². The van der Waals surface area contributed by atoms with Crippen molar-refractivity contribution in [3.63, 3.8) is 0 Å². The van der Waals surface area contributed by atoms with Gasteiger partial charge < -0.3 is 10.5 Å². The summed E-state index contributed by atoms with van der Waals surface area (Å²) >= 11 is 0. The smallest absolute Gasteiger partial charge is 0.223 e. The summed E-state index contributed by atoms with van der Waals surface area (Å²) in [5, 5.41) is 0. The Labute approximate surface area is 87.7 Å². The third kappa shape index (κ3) is 2.30. The van der Waals surface area contributed by atoms with Crippen LogP contribution in [0, 0.1) is 0 Å². The van der Waals surface area contributed by atoms with Crippen LogP contribution >= 0.6 is 0 Å². The summed E-state index contributed by atoms with van der Waals surface area (Å²) in [5.41, 5.74) is 6.44. The van der Waals surface area contributed by atoms with Gasteiger partial charge in [-0.15, -0.1) is 0 Å². The van der Waals surface area contributed by atoms with Gasteiger partial charge >= 0.3 is 0 Å². The molecule has 2 aromatic rings. The van der Waals surface area contributed by atoms with Crippen LogP contribution in [0.15, 0.2) is 42.9 Å². The van der Waals surface area contributed by atoms with E-state index >= 15 is 0 Å². The fraction of sp³-hybridized carbons (Fsp3) is 0.0909. The number of aromatic nitrogens is 2. The van der Waals surface area contributed by atoms with Crippen LogP contribution in [0.1, 0.15) is 5.56 Å². The van der Waals surface area contributed by atoms with Gasteiger partial charge in [0, 0.05) is 24.5 Å². The zero-order valence-corrected chi connectivity index (χ0v) is 8.13. The highest BCUT2D eigenvalue weighted by atomic mass is 16.5. The van der Waals surface area contributed by atoms with Crippen molar-refractivity contribution in [2.24, 2.45) is 5.73 Å². The van der Waals surface area contributed by atoms with E-state index in [1.807, 2.05) is 18.2 Å². The molecule has 2 rings (SSSR count). The number of rotatable bonds is 3. The predicted molar refractivity (Wildman–Crippen MR) is 56.4 cm³/mol. The highest BCUT2D eigenvalue weighted by Gasteiger charge is 2.03. The van der Waals surface area contributed by atoms with Gasteiger partial charge in [0.1, 0.15) is 5.75 Å². The minimum absolute atomic E-state index is 0.406. The molecule has 0 aromatic carbocycles. The SMILES string of the molecule is NCc1cccnc1Oc1cccnc1. The number of pyridine rings is 2. The molecule has 76 valence electrons. The number of ether oxygens (including phenoxy) is 1. The van der Waals surface area contributed by atoms with E-state index in [4.69, 9.17) is 10.5 Å². The van der Waals surface area contributed by atoms with E-state index in [9.17, 15) is 0 Å². The minimum atomic E-state index is 0.406. The molecule has 2 N–H and O–H groups in total. The minimum Gasteiger partial charge on any atom is -0.437 e. The molecule has 0 spiro atoms. The fourth-order valence-electron chi connectivity index (χ4n) is 1.19. The molecule has 0 amide bonds. The Hall–Kier alpha value is -1.94. The molecule has 2 aromatic heterocycles. The molecule has 0 radical (unpaired) electrons. The number of nitrogens with two attached hydrogens (primary N) is 1. The lowest BCUT2D eigenvalue weighted by atomic mass is 10.3. The summed E-state index contributed by atoms with van der Waals surface area (Å²) in [6, 6.07) is 7.35. The summed E-state index contributed by atoms with van der Waals surface area (Å²) < 4.78 is 5.55. The molecule has 15 heavy (non-hydrogen) atoms. The lowest BCUT2D eigenvalue weighted by Gasteiger charge is -2.07. The zero-order chi connectivity index (χ0) is 10.5. The summed E-state index contributed by atoms with van der Waals surface area (Å²) in [4.78, 5) is 8.07. The quantitative estimate of drug-likeness (QED) is 0.821. The van der Waals surface area contributed by atoms with E-state index < -0.39 is 0 Å². The van der Waals surface area contributed by atoms with Crippen LogP contribution in [0.25, 0.3) is 0 Å². The van der Waals surface area contributed by atoms with Crippen molar-refractivity contribution in [3.05, 3.63) is 48.4 Å². The molecule has 0 unspecified atom stereocenters. The van der Waals surface area contributed by atoms with Gasteiger partial charge in [-0.25, -0.2) is 4.98 Å². The number of hydrogen-bond donors (Lipinski definition) is 1. The molecule has 0 saturated heterocycles. The number of nitrogens with zero attached hydrogens (tertiary/aromatic N) is 2. The molecule has 4 nitrogen and oxygen atoms in total. The zero-order valence-electron chi connectivity index (χ0n) is 8.13. The van der Waals surface area contributed by atoms with Crippen LogP contribution in [0.3, 0.4) is 0 Å². The first-order valence-corrected chi connectivity index (χ1v) is 4.62. The molecule has 0 saturated carbocycles. The molecular formula is C11H11N3O. The van der Waals surface area contributed by atoms with Crippen molar-refractivity contribution in [3.8, 4) is 11.6 Å². The van der Waals surface area contributed by atoms with Gasteiger partial charge in [0.05, 0.1) is 6.20 Å². The normalized spacial score (nSPS) is 9.93. The second kappa shape index (κ2) is 4.52. The van der Waals surface area contributed by atoms with Crippen LogP contribution < -0.4 is 10.5 Å². The molecule has 0 aliphatic rings. The number of hydrogen-bond acceptors (Lipinski definition) is 4. The Bertz CT molecular complexity index is 431. The van der Waals surface area contributed by atoms with Gasteiger partial charge in [-0.2, -0.15) is 0 Å². The summed E-state index contributed by atoms with van der Waals surface area (Å²) in [6.45, 7) is 0.406. The first-order chi connectivity index (χ1) is 7.40. The molecular weight excluding hydrogens is 190 g/mol. The second-order valence-corrected chi connectivity index (χ2v) is 2.96. The van der Waals surface area contributed by atoms with Gasteiger partial charge in [0.2, 0.25) is 5.88 Å². The molecule has 0 bridgehead atoms. The summed E-state index contributed by atoms with van der Waals surface area (Å²) in [7, 11) is 0. The predicted octanol–water partition coefficient (Wildman–Crippen LogP) is 1.73. The van der Waals surface area contributed by atoms with Crippen LogP contribution in [-0.4, -0.2) is 9.97 Å². The fourth-order valence-corrected chi connectivity index (χ4v) is 1.19. The maximum Gasteiger partial charge on any atom is 0.223 e. The molecule has 0 fully saturated rings. The van der Waals surface area contributed by atoms with Gasteiger partial charge in [0.15, 0.2) is 0 Å². The van der Waals surface area contributed by atoms with Crippen LogP contribution in [-0.2, 0) is 6.54 Å². The van der Waals surface area contributed by atoms with Crippen LogP contribution in [0.2, 0.25) is 0 Å². The van der Waals surface area contributed by atoms with Gasteiger partial charge in [0.25, 0.3) is 0 Å². The Balaban J connectivity index is 2.24. The lowest BCUT2D eigenvalue weighted by molar-refractivity contribution is 0.454. The largest absolute Gasteiger partial charge is 0.437 e. The van der Waals surface area contributed by atoms with Crippen molar-refractivity contribution in [2.45, 2.75) is 6.54 Å². The van der Waals surface area contributed by atoms with E-state index in [1.54, 1.807) is 24.7 Å². The van der Waals surface area contributed by atoms with E-state index in [0.717, 1.165) is 5.56 Å². The highest BCUT2D eigenvalue weighted by Crippen LogP contribution is 2.20. The standard InChI is InChI=1S/C11H11N3O/c12-7-9-3-1-6-14-11(9)15-10-4-2-5-13-8-10/h1-6,8H,7,12H2. The van der Waals surface area contributed by atoms with Crippen molar-refractivity contribution in [1.29, 1.82) is 0 Å². The van der Waals surface area contributed by atoms with Crippen molar-refractivity contribution >= 4 is 0 Å². The highest BCUT2D eigenvalue weighted by molar-refractivity contribution is 5.30. The second-order valence-electron chi connectivity index (χ2n) is 2.96. The molecule has 2 heterocycles. The first-order valence-electron chi connectivity index (χ1n) is 4.62. The van der Waals surface area contributed by atoms with Crippen LogP contribution in [0.4, 0.5) is 0 Å². The average Bonchev–Trinajstić information content (AvgIpc) is 2.31. The van der Waals surface area contributed by atoms with Gasteiger partial charge in [-0.3, -0.25) is 4.98 Å². The van der Waals surface area contributed by atoms with E-state index in [-0.39, 0.29) is 0 Å². The van der Waals surface area contributed by atoms with E-state index in [1.165, 1.54) is 0 Å². The van der Waals surface area contributed by atoms with Crippen molar-refractivity contribution < 1.29 is 4.74 Å². The molecule has 0 aliphatic heterocycles. The topological polar surface area (TPSA) is 61.0 Å². The van der Waals surface area contributed by atoms with Gasteiger partial charge in [-0.05, 0) is 18.2 Å². The Kier molecular flexibility index (Phi) is 2.90. The maximum absolute atomic E-state index is 5.57. The molecule has 4 heteroatoms. The average molecular weight is 201 g/mol. The van der Waals surface area contributed by atoms with Crippen molar-refractivity contribution in [2.75, 3.05) is 0 Å². The van der Waals surface area contributed by atoms with Gasteiger partial charge in [-0.1, -0.05) is 6.07 Å². The third-order valence-electron chi connectivity index (χ3n) is 1.92. The molecule has 0 atom stereocenters. The third-order valence-corrected chi connectivity index (χ3v) is 1.92. The first kappa shape index (κ1) is 9.61. The molecule has 0 aliphatic carbocycles. The van der Waals surface area contributed by atoms with E-state index in [0.29, 0.717) is 18.2 Å². The lowest BCUT2D eigenvalue weighted by Crippen LogP contribution is -2.00. The Morgan fingerprint density at radius 3 is 2.80 bits per heavy atom. The van der Waals surface area contributed by atoms with Crippen LogP contribution in [0.5, 0.6) is 11.6 Å². The summed E-state index contributed by atoms with van der Waals surface area (Å²) in [6.07, 6.45) is 5.00. The maximum atomic E-state index is 5.57. The van der Waals surface area contributed by atoms with Crippen molar-refractivity contribution in [1.82, 2.24) is 9.97 Å². The monoisotopic (exact) mass is 201 g/mol. The summed E-state index contributed by atoms with van der Waals surface area (Å²) in [5.74, 6) is 1.19.